The van der Waals surface area contributed by atoms with E-state index in [1.54, 1.807) is 18.2 Å². The highest BCUT2D eigenvalue weighted by Gasteiger charge is 2.30. The maximum atomic E-state index is 13.3. The molecular weight excluding hydrogens is 520 g/mol. The van der Waals surface area contributed by atoms with E-state index in [1.807, 2.05) is 0 Å². The van der Waals surface area contributed by atoms with Crippen LogP contribution in [0.5, 0.6) is 0 Å². The highest BCUT2D eigenvalue weighted by molar-refractivity contribution is 7.92. The number of hydrogen-bond acceptors (Lipinski definition) is 4. The number of rotatable bonds is 8. The van der Waals surface area contributed by atoms with Crippen molar-refractivity contribution in [2.24, 2.45) is 0 Å². The fourth-order valence-corrected chi connectivity index (χ4v) is 4.59. The smallest absolute Gasteiger partial charge is 0.244 e. The predicted molar refractivity (Wildman–Crippen MR) is 129 cm³/mol. The monoisotopic (exact) mass is 539 g/mol. The molecule has 0 saturated heterocycles. The summed E-state index contributed by atoms with van der Waals surface area (Å²) in [7, 11) is -2.45. The van der Waals surface area contributed by atoms with Crippen molar-refractivity contribution in [1.82, 2.24) is 10.2 Å². The van der Waals surface area contributed by atoms with E-state index in [2.05, 4.69) is 5.32 Å². The Morgan fingerprint density at radius 2 is 1.59 bits per heavy atom. The van der Waals surface area contributed by atoms with Crippen LogP contribution in [0.25, 0.3) is 0 Å². The van der Waals surface area contributed by atoms with E-state index >= 15 is 0 Å². The Balaban J connectivity index is 2.43. The number of amides is 2. The van der Waals surface area contributed by atoms with Crippen molar-refractivity contribution in [2.75, 3.05) is 24.2 Å². The van der Waals surface area contributed by atoms with Crippen LogP contribution in [-0.4, -0.2) is 51.0 Å². The quantitative estimate of drug-likeness (QED) is 0.542. The lowest BCUT2D eigenvalue weighted by Gasteiger charge is -2.31. The zero-order valence-electron chi connectivity index (χ0n) is 17.4. The van der Waals surface area contributed by atoms with Gasteiger partial charge in [0.05, 0.1) is 22.0 Å². The fraction of sp³-hybridized carbons (Fsp3) is 0.300. The van der Waals surface area contributed by atoms with Crippen LogP contribution < -0.4 is 9.62 Å². The Labute approximate surface area is 207 Å². The van der Waals surface area contributed by atoms with Gasteiger partial charge >= 0.3 is 0 Å². The fourth-order valence-electron chi connectivity index (χ4n) is 2.92. The number of sulfonamides is 1. The van der Waals surface area contributed by atoms with Gasteiger partial charge in [-0.25, -0.2) is 8.42 Å². The molecule has 1 atom stereocenters. The number of anilines is 1. The van der Waals surface area contributed by atoms with Crippen molar-refractivity contribution in [3.63, 3.8) is 0 Å². The van der Waals surface area contributed by atoms with Gasteiger partial charge in [-0.05, 0) is 42.8 Å². The lowest BCUT2D eigenvalue weighted by molar-refractivity contribution is -0.139. The SMILES string of the molecule is CNC(=O)[C@H](C)N(Cc1ccc(Cl)c(Cl)c1)C(=O)CN(c1cc(Cl)cc(Cl)c1)S(C)(=O)=O. The molecule has 2 rings (SSSR count). The van der Waals surface area contributed by atoms with Crippen LogP contribution in [0.3, 0.4) is 0 Å². The van der Waals surface area contributed by atoms with Gasteiger partial charge in [-0.3, -0.25) is 13.9 Å². The van der Waals surface area contributed by atoms with Crippen LogP contribution >= 0.6 is 46.4 Å². The van der Waals surface area contributed by atoms with Crippen molar-refractivity contribution >= 4 is 73.9 Å². The lowest BCUT2D eigenvalue weighted by atomic mass is 10.1. The van der Waals surface area contributed by atoms with E-state index in [9.17, 15) is 18.0 Å². The predicted octanol–water partition coefficient (Wildman–Crippen LogP) is 4.23. The molecule has 174 valence electrons. The Morgan fingerprint density at radius 3 is 2.09 bits per heavy atom. The maximum Gasteiger partial charge on any atom is 0.244 e. The van der Waals surface area contributed by atoms with Gasteiger partial charge in [0.1, 0.15) is 12.6 Å². The number of likely N-dealkylation sites (N-methyl/N-ethyl adjacent to an activating group) is 1. The molecule has 0 saturated carbocycles. The van der Waals surface area contributed by atoms with E-state index in [4.69, 9.17) is 46.4 Å². The van der Waals surface area contributed by atoms with Crippen LogP contribution in [-0.2, 0) is 26.2 Å². The molecule has 2 aromatic rings. The van der Waals surface area contributed by atoms with Crippen LogP contribution in [0.4, 0.5) is 5.69 Å². The Kier molecular flexibility index (Phi) is 9.07. The summed E-state index contributed by atoms with van der Waals surface area (Å²) in [6.07, 6.45) is 0.959. The van der Waals surface area contributed by atoms with Crippen molar-refractivity contribution in [3.8, 4) is 0 Å². The third-order valence-electron chi connectivity index (χ3n) is 4.57. The molecule has 0 spiro atoms. The van der Waals surface area contributed by atoms with E-state index in [-0.39, 0.29) is 27.3 Å². The molecular formula is C20H21Cl4N3O4S. The Bertz CT molecular complexity index is 1110. The maximum absolute atomic E-state index is 13.3. The first kappa shape index (κ1) is 26.5. The molecule has 0 aliphatic heterocycles. The zero-order valence-corrected chi connectivity index (χ0v) is 21.2. The third kappa shape index (κ3) is 6.89. The van der Waals surface area contributed by atoms with Crippen molar-refractivity contribution in [1.29, 1.82) is 0 Å². The third-order valence-corrected chi connectivity index (χ3v) is 6.88. The summed E-state index contributed by atoms with van der Waals surface area (Å²) >= 11 is 24.1. The molecule has 0 aliphatic carbocycles. The van der Waals surface area contributed by atoms with E-state index in [0.717, 1.165) is 10.6 Å². The Morgan fingerprint density at radius 1 is 1.00 bits per heavy atom. The molecule has 0 aliphatic rings. The number of nitrogens with zero attached hydrogens (tertiary/aromatic N) is 2. The topological polar surface area (TPSA) is 86.8 Å². The second kappa shape index (κ2) is 10.9. The van der Waals surface area contributed by atoms with Crippen LogP contribution in [0.15, 0.2) is 36.4 Å². The van der Waals surface area contributed by atoms with Gasteiger partial charge in [0.25, 0.3) is 0 Å². The van der Waals surface area contributed by atoms with Gasteiger partial charge in [0.2, 0.25) is 21.8 Å². The molecule has 0 bridgehead atoms. The standard InChI is InChI=1S/C20H21Cl4N3O4S/c1-12(20(29)25-2)26(10-13-4-5-17(23)18(24)6-13)19(28)11-27(32(3,30)31)16-8-14(21)7-15(22)9-16/h4-9,12H,10-11H2,1-3H3,(H,25,29)/t12-/m0/s1. The molecule has 0 radical (unpaired) electrons. The van der Waals surface area contributed by atoms with Gasteiger partial charge in [-0.2, -0.15) is 0 Å². The molecule has 12 heteroatoms. The molecule has 32 heavy (non-hydrogen) atoms. The second-order valence-electron chi connectivity index (χ2n) is 6.96. The van der Waals surface area contributed by atoms with Gasteiger partial charge in [-0.1, -0.05) is 52.5 Å². The average molecular weight is 541 g/mol. The van der Waals surface area contributed by atoms with Crippen LogP contribution in [0, 0.1) is 0 Å². The summed E-state index contributed by atoms with van der Waals surface area (Å²) in [5.74, 6) is -1.04. The van der Waals surface area contributed by atoms with Gasteiger partial charge in [-0.15, -0.1) is 0 Å². The van der Waals surface area contributed by atoms with E-state index in [0.29, 0.717) is 10.6 Å². The molecule has 2 aromatic carbocycles. The molecule has 7 nitrogen and oxygen atoms in total. The second-order valence-corrected chi connectivity index (χ2v) is 10.6. The minimum Gasteiger partial charge on any atom is -0.357 e. The van der Waals surface area contributed by atoms with Gasteiger partial charge in [0.15, 0.2) is 0 Å². The molecule has 0 fully saturated rings. The molecule has 1 N–H and O–H groups in total. The molecule has 0 aromatic heterocycles. The highest BCUT2D eigenvalue weighted by Crippen LogP contribution is 2.28. The van der Waals surface area contributed by atoms with Crippen molar-refractivity contribution in [3.05, 3.63) is 62.1 Å². The number of halogens is 4. The molecule has 2 amide bonds. The highest BCUT2D eigenvalue weighted by atomic mass is 35.5. The summed E-state index contributed by atoms with van der Waals surface area (Å²) in [5, 5.41) is 3.54. The molecule has 0 unspecified atom stereocenters. The van der Waals surface area contributed by atoms with E-state index < -0.39 is 34.4 Å². The molecule has 0 heterocycles. The minimum atomic E-state index is -3.89. The number of carbonyl (C=O) groups is 2. The van der Waals surface area contributed by atoms with Crippen molar-refractivity contribution in [2.45, 2.75) is 19.5 Å². The minimum absolute atomic E-state index is 0.00177. The first-order chi connectivity index (χ1) is 14.8. The van der Waals surface area contributed by atoms with Gasteiger partial charge in [0, 0.05) is 23.6 Å². The lowest BCUT2D eigenvalue weighted by Crippen LogP contribution is -2.50. The van der Waals surface area contributed by atoms with E-state index in [1.165, 1.54) is 37.1 Å². The first-order valence-corrected chi connectivity index (χ1v) is 12.6. The summed E-state index contributed by atoms with van der Waals surface area (Å²) < 4.78 is 25.8. The first-order valence-electron chi connectivity index (χ1n) is 9.22. The average Bonchev–Trinajstić information content (AvgIpc) is 2.69. The summed E-state index contributed by atoms with van der Waals surface area (Å²) in [4.78, 5) is 26.8. The summed E-state index contributed by atoms with van der Waals surface area (Å²) in [6.45, 7) is 0.964. The summed E-state index contributed by atoms with van der Waals surface area (Å²) in [6, 6.07) is 8.12. The largest absolute Gasteiger partial charge is 0.357 e. The normalized spacial score (nSPS) is 12.2. The zero-order chi connectivity index (χ0) is 24.2. The van der Waals surface area contributed by atoms with Gasteiger partial charge < -0.3 is 10.2 Å². The number of carbonyl (C=O) groups excluding carboxylic acids is 2. The van der Waals surface area contributed by atoms with Crippen LogP contribution in [0.2, 0.25) is 20.1 Å². The number of benzene rings is 2. The Hall–Kier alpha value is -1.71. The van der Waals surface area contributed by atoms with Crippen molar-refractivity contribution < 1.29 is 18.0 Å². The number of hydrogen-bond donors (Lipinski definition) is 1. The number of nitrogens with one attached hydrogen (secondary N) is 1. The van der Waals surface area contributed by atoms with Crippen LogP contribution in [0.1, 0.15) is 12.5 Å². The summed E-state index contributed by atoms with van der Waals surface area (Å²) in [5.41, 5.74) is 0.737.